The van der Waals surface area contributed by atoms with Gasteiger partial charge in [0.05, 0.1) is 6.54 Å². The number of anilines is 1. The Balaban J connectivity index is 2.02. The maximum absolute atomic E-state index is 12.4. The smallest absolute Gasteiger partial charge is 0.238 e. The van der Waals surface area contributed by atoms with Gasteiger partial charge in [0.15, 0.2) is 0 Å². The van der Waals surface area contributed by atoms with E-state index in [1.165, 1.54) is 18.4 Å². The number of hydrogen-bond acceptors (Lipinski definition) is 2. The van der Waals surface area contributed by atoms with E-state index in [1.807, 2.05) is 0 Å². The van der Waals surface area contributed by atoms with Crippen LogP contribution in [0.2, 0.25) is 0 Å². The third kappa shape index (κ3) is 4.31. The van der Waals surface area contributed by atoms with Gasteiger partial charge < -0.3 is 5.32 Å². The van der Waals surface area contributed by atoms with Crippen molar-refractivity contribution in [2.24, 2.45) is 5.92 Å². The highest BCUT2D eigenvalue weighted by atomic mass is 16.2. The maximum atomic E-state index is 12.4. The zero-order valence-corrected chi connectivity index (χ0v) is 13.8. The van der Waals surface area contributed by atoms with Crippen molar-refractivity contribution in [1.29, 1.82) is 0 Å². The molecular weight excluding hydrogens is 260 g/mol. The van der Waals surface area contributed by atoms with Gasteiger partial charge in [-0.05, 0) is 49.3 Å². The summed E-state index contributed by atoms with van der Waals surface area (Å²) in [4.78, 5) is 14.6. The fraction of sp³-hybridized carbons (Fsp3) is 0.611. The monoisotopic (exact) mass is 288 g/mol. The molecule has 3 heteroatoms. The number of likely N-dealkylation sites (tertiary alicyclic amines) is 1. The molecule has 21 heavy (non-hydrogen) atoms. The van der Waals surface area contributed by atoms with Gasteiger partial charge in [-0.3, -0.25) is 9.69 Å². The summed E-state index contributed by atoms with van der Waals surface area (Å²) in [6, 6.07) is 6.23. The first kappa shape index (κ1) is 16.0. The summed E-state index contributed by atoms with van der Waals surface area (Å²) in [7, 11) is 0. The lowest BCUT2D eigenvalue weighted by Gasteiger charge is -2.30. The van der Waals surface area contributed by atoms with Crippen LogP contribution in [0.15, 0.2) is 18.2 Å². The summed E-state index contributed by atoms with van der Waals surface area (Å²) in [6.07, 6.45) is 2.49. The highest BCUT2D eigenvalue weighted by Crippen LogP contribution is 2.27. The van der Waals surface area contributed by atoms with Gasteiger partial charge in [-0.1, -0.05) is 39.0 Å². The first-order valence-corrected chi connectivity index (χ1v) is 8.09. The molecule has 1 aliphatic heterocycles. The number of carbonyl (C=O) groups excluding carboxylic acids is 1. The van der Waals surface area contributed by atoms with E-state index in [-0.39, 0.29) is 5.91 Å². The van der Waals surface area contributed by atoms with Crippen molar-refractivity contribution in [2.75, 3.05) is 25.0 Å². The number of piperidine rings is 1. The Morgan fingerprint density at radius 2 is 2.19 bits per heavy atom. The van der Waals surface area contributed by atoms with Crippen LogP contribution >= 0.6 is 0 Å². The molecule has 1 heterocycles. The highest BCUT2D eigenvalue weighted by molar-refractivity contribution is 5.93. The molecule has 1 amide bonds. The quantitative estimate of drug-likeness (QED) is 0.914. The van der Waals surface area contributed by atoms with E-state index in [0.29, 0.717) is 18.4 Å². The zero-order valence-electron chi connectivity index (χ0n) is 13.8. The Bertz CT molecular complexity index is 496. The molecule has 0 bridgehead atoms. The minimum atomic E-state index is 0.111. The lowest BCUT2D eigenvalue weighted by atomic mass is 9.98. The molecule has 1 aliphatic rings. The predicted octanol–water partition coefficient (Wildman–Crippen LogP) is 3.79. The number of benzene rings is 1. The fourth-order valence-corrected chi connectivity index (χ4v) is 3.15. The van der Waals surface area contributed by atoms with Crippen LogP contribution in [0, 0.1) is 12.8 Å². The van der Waals surface area contributed by atoms with Crippen LogP contribution in [0.25, 0.3) is 0 Å². The van der Waals surface area contributed by atoms with E-state index < -0.39 is 0 Å². The van der Waals surface area contributed by atoms with Crippen LogP contribution in [0.4, 0.5) is 5.69 Å². The molecule has 0 aromatic heterocycles. The van der Waals surface area contributed by atoms with Gasteiger partial charge in [0.2, 0.25) is 5.91 Å². The summed E-state index contributed by atoms with van der Waals surface area (Å²) < 4.78 is 0. The average molecular weight is 288 g/mol. The number of nitrogens with one attached hydrogen (secondary N) is 1. The second kappa shape index (κ2) is 7.08. The molecule has 1 aromatic carbocycles. The van der Waals surface area contributed by atoms with Gasteiger partial charge in [-0.2, -0.15) is 0 Å². The van der Waals surface area contributed by atoms with E-state index in [9.17, 15) is 4.79 Å². The Hall–Kier alpha value is -1.35. The van der Waals surface area contributed by atoms with Crippen molar-refractivity contribution in [1.82, 2.24) is 4.90 Å². The van der Waals surface area contributed by atoms with Crippen LogP contribution < -0.4 is 5.32 Å². The number of amides is 1. The first-order chi connectivity index (χ1) is 9.97. The van der Waals surface area contributed by atoms with E-state index in [4.69, 9.17) is 0 Å². The number of carbonyl (C=O) groups is 1. The molecule has 3 nitrogen and oxygen atoms in total. The lowest BCUT2D eigenvalue weighted by Crippen LogP contribution is -2.39. The molecule has 1 fully saturated rings. The van der Waals surface area contributed by atoms with Gasteiger partial charge in [0, 0.05) is 12.2 Å². The van der Waals surface area contributed by atoms with Crippen LogP contribution in [0.1, 0.15) is 50.7 Å². The van der Waals surface area contributed by atoms with Gasteiger partial charge in [0.1, 0.15) is 0 Å². The average Bonchev–Trinajstić information content (AvgIpc) is 2.40. The summed E-state index contributed by atoms with van der Waals surface area (Å²) >= 11 is 0. The highest BCUT2D eigenvalue weighted by Gasteiger charge is 2.19. The van der Waals surface area contributed by atoms with Crippen LogP contribution in [-0.2, 0) is 4.79 Å². The molecule has 116 valence electrons. The van der Waals surface area contributed by atoms with Crippen LogP contribution in [0.3, 0.4) is 0 Å². The van der Waals surface area contributed by atoms with Crippen molar-refractivity contribution in [2.45, 2.75) is 46.5 Å². The molecule has 2 rings (SSSR count). The standard InChI is InChI=1S/C18H28N2O/c1-13(2)16-9-5-8-15(4)18(16)19-17(21)12-20-10-6-7-14(3)11-20/h5,8-9,13-14H,6-7,10-12H2,1-4H3,(H,19,21)/t14-/m1/s1. The Kier molecular flexibility index (Phi) is 5.40. The summed E-state index contributed by atoms with van der Waals surface area (Å²) in [5.74, 6) is 1.23. The molecule has 0 spiro atoms. The summed E-state index contributed by atoms with van der Waals surface area (Å²) in [5, 5.41) is 3.14. The predicted molar refractivity (Wildman–Crippen MR) is 88.7 cm³/mol. The molecular formula is C18H28N2O. The normalized spacial score (nSPS) is 19.8. The number of rotatable bonds is 4. The van der Waals surface area contributed by atoms with Gasteiger partial charge >= 0.3 is 0 Å². The maximum Gasteiger partial charge on any atom is 0.238 e. The van der Waals surface area contributed by atoms with Crippen molar-refractivity contribution in [3.8, 4) is 0 Å². The fourth-order valence-electron chi connectivity index (χ4n) is 3.15. The van der Waals surface area contributed by atoms with Crippen molar-refractivity contribution >= 4 is 11.6 Å². The largest absolute Gasteiger partial charge is 0.324 e. The first-order valence-electron chi connectivity index (χ1n) is 8.09. The molecule has 1 aromatic rings. The Labute approximate surface area is 128 Å². The van der Waals surface area contributed by atoms with Crippen LogP contribution in [-0.4, -0.2) is 30.4 Å². The van der Waals surface area contributed by atoms with Crippen molar-refractivity contribution < 1.29 is 4.79 Å². The molecule has 0 saturated carbocycles. The lowest BCUT2D eigenvalue weighted by molar-refractivity contribution is -0.117. The van der Waals surface area contributed by atoms with E-state index in [1.54, 1.807) is 0 Å². The van der Waals surface area contributed by atoms with Crippen molar-refractivity contribution in [3.63, 3.8) is 0 Å². The number of para-hydroxylation sites is 1. The molecule has 0 radical (unpaired) electrons. The van der Waals surface area contributed by atoms with Crippen molar-refractivity contribution in [3.05, 3.63) is 29.3 Å². The topological polar surface area (TPSA) is 32.3 Å². The van der Waals surface area contributed by atoms with Crippen LogP contribution in [0.5, 0.6) is 0 Å². The van der Waals surface area contributed by atoms with E-state index >= 15 is 0 Å². The van der Waals surface area contributed by atoms with Gasteiger partial charge in [0.25, 0.3) is 0 Å². The third-order valence-electron chi connectivity index (χ3n) is 4.30. The van der Waals surface area contributed by atoms with E-state index in [2.05, 4.69) is 56.1 Å². The minimum absolute atomic E-state index is 0.111. The second-order valence-electron chi connectivity index (χ2n) is 6.72. The Morgan fingerprint density at radius 1 is 1.43 bits per heavy atom. The third-order valence-corrected chi connectivity index (χ3v) is 4.30. The molecule has 1 atom stereocenters. The Morgan fingerprint density at radius 3 is 2.86 bits per heavy atom. The summed E-state index contributed by atoms with van der Waals surface area (Å²) in [6.45, 7) is 11.2. The van der Waals surface area contributed by atoms with Gasteiger partial charge in [-0.15, -0.1) is 0 Å². The minimum Gasteiger partial charge on any atom is -0.324 e. The molecule has 1 saturated heterocycles. The number of hydrogen-bond donors (Lipinski definition) is 1. The summed E-state index contributed by atoms with van der Waals surface area (Å²) in [5.41, 5.74) is 3.36. The number of aryl methyl sites for hydroxylation is 1. The zero-order chi connectivity index (χ0) is 15.4. The number of nitrogens with zero attached hydrogens (tertiary/aromatic N) is 1. The molecule has 0 unspecified atom stereocenters. The SMILES string of the molecule is Cc1cccc(C(C)C)c1NC(=O)CN1CCC[C@@H](C)C1. The van der Waals surface area contributed by atoms with Gasteiger partial charge in [-0.25, -0.2) is 0 Å². The molecule has 0 aliphatic carbocycles. The second-order valence-corrected chi connectivity index (χ2v) is 6.72. The van der Waals surface area contributed by atoms with E-state index in [0.717, 1.165) is 24.3 Å². The molecule has 1 N–H and O–H groups in total.